The summed E-state index contributed by atoms with van der Waals surface area (Å²) in [5.41, 5.74) is 5.66. The van der Waals surface area contributed by atoms with Gasteiger partial charge in [-0.1, -0.05) is 11.6 Å². The largest absolute Gasteiger partial charge is 0.330 e. The predicted octanol–water partition coefficient (Wildman–Crippen LogP) is 2.91. The van der Waals surface area contributed by atoms with Crippen LogP contribution in [0.2, 0.25) is 5.02 Å². The normalized spacial score (nSPS) is 18.4. The molecule has 2 aromatic rings. The molecule has 4 nitrogen and oxygen atoms in total. The standard InChI is InChI=1S/C14H17ClN2O2S2/c15-11-1-2-13-12(7-11)14(9-20-13)21(18,19)17-5-3-10(8-16)4-6-17/h1-2,7,9-10H,3-6,8,16H2. The number of rotatable bonds is 3. The zero-order valence-electron chi connectivity index (χ0n) is 11.5. The van der Waals surface area contributed by atoms with E-state index in [1.165, 1.54) is 11.3 Å². The van der Waals surface area contributed by atoms with E-state index in [0.717, 1.165) is 17.5 Å². The van der Waals surface area contributed by atoms with Crippen molar-refractivity contribution in [2.75, 3.05) is 19.6 Å². The average Bonchev–Trinajstić information content (AvgIpc) is 2.91. The zero-order chi connectivity index (χ0) is 15.0. The van der Waals surface area contributed by atoms with E-state index >= 15 is 0 Å². The lowest BCUT2D eigenvalue weighted by Gasteiger charge is -2.30. The minimum absolute atomic E-state index is 0.371. The van der Waals surface area contributed by atoms with E-state index in [0.29, 0.717) is 40.9 Å². The first-order chi connectivity index (χ1) is 10.0. The highest BCUT2D eigenvalue weighted by Crippen LogP contribution is 2.34. The molecule has 0 unspecified atom stereocenters. The van der Waals surface area contributed by atoms with Gasteiger partial charge in [-0.2, -0.15) is 4.31 Å². The van der Waals surface area contributed by atoms with E-state index in [-0.39, 0.29) is 0 Å². The molecule has 1 aliphatic rings. The van der Waals surface area contributed by atoms with Gasteiger partial charge in [-0.05, 0) is 43.5 Å². The molecule has 3 rings (SSSR count). The van der Waals surface area contributed by atoms with Gasteiger partial charge in [0.1, 0.15) is 4.90 Å². The monoisotopic (exact) mass is 344 g/mol. The van der Waals surface area contributed by atoms with Crippen molar-refractivity contribution < 1.29 is 8.42 Å². The van der Waals surface area contributed by atoms with Crippen LogP contribution in [0.3, 0.4) is 0 Å². The number of nitrogens with two attached hydrogens (primary N) is 1. The molecular formula is C14H17ClN2O2S2. The summed E-state index contributed by atoms with van der Waals surface area (Å²) < 4.78 is 28.2. The Morgan fingerprint density at radius 1 is 1.33 bits per heavy atom. The maximum Gasteiger partial charge on any atom is 0.244 e. The Hall–Kier alpha value is -0.660. The van der Waals surface area contributed by atoms with E-state index in [2.05, 4.69) is 0 Å². The lowest BCUT2D eigenvalue weighted by molar-refractivity contribution is 0.278. The van der Waals surface area contributed by atoms with Gasteiger partial charge in [0.2, 0.25) is 10.0 Å². The Morgan fingerprint density at radius 3 is 2.71 bits per heavy atom. The Labute approximate surface area is 133 Å². The first-order valence-electron chi connectivity index (χ1n) is 6.89. The van der Waals surface area contributed by atoms with Crippen molar-refractivity contribution >= 4 is 43.0 Å². The molecule has 1 aromatic heterocycles. The maximum absolute atomic E-state index is 12.8. The van der Waals surface area contributed by atoms with Crippen molar-refractivity contribution in [1.82, 2.24) is 4.31 Å². The van der Waals surface area contributed by atoms with Crippen molar-refractivity contribution in [1.29, 1.82) is 0 Å². The molecule has 0 amide bonds. The van der Waals surface area contributed by atoms with Gasteiger partial charge in [0.15, 0.2) is 0 Å². The van der Waals surface area contributed by atoms with Crippen LogP contribution in [-0.2, 0) is 10.0 Å². The van der Waals surface area contributed by atoms with Crippen molar-refractivity contribution in [2.45, 2.75) is 17.7 Å². The molecule has 0 spiro atoms. The summed E-state index contributed by atoms with van der Waals surface area (Å²) in [6, 6.07) is 5.37. The van der Waals surface area contributed by atoms with E-state index in [9.17, 15) is 8.42 Å². The van der Waals surface area contributed by atoms with Crippen LogP contribution in [0.5, 0.6) is 0 Å². The van der Waals surface area contributed by atoms with Crippen molar-refractivity contribution in [3.8, 4) is 0 Å². The number of piperidine rings is 1. The van der Waals surface area contributed by atoms with Crippen LogP contribution in [0.1, 0.15) is 12.8 Å². The first-order valence-corrected chi connectivity index (χ1v) is 9.59. The highest BCUT2D eigenvalue weighted by molar-refractivity contribution is 7.89. The highest BCUT2D eigenvalue weighted by Gasteiger charge is 2.30. The van der Waals surface area contributed by atoms with Crippen molar-refractivity contribution in [3.63, 3.8) is 0 Å². The molecule has 1 fully saturated rings. The average molecular weight is 345 g/mol. The molecule has 1 aliphatic heterocycles. The van der Waals surface area contributed by atoms with E-state index in [4.69, 9.17) is 17.3 Å². The Kier molecular flexibility index (Phi) is 4.25. The second kappa shape index (κ2) is 5.85. The molecule has 1 aromatic carbocycles. The van der Waals surface area contributed by atoms with Crippen LogP contribution in [0.4, 0.5) is 0 Å². The number of sulfonamides is 1. The SMILES string of the molecule is NCC1CCN(S(=O)(=O)c2csc3ccc(Cl)cc23)CC1. The summed E-state index contributed by atoms with van der Waals surface area (Å²) in [4.78, 5) is 0.371. The second-order valence-corrected chi connectivity index (χ2v) is 8.58. The van der Waals surface area contributed by atoms with Crippen LogP contribution in [0.25, 0.3) is 10.1 Å². The maximum atomic E-state index is 12.8. The van der Waals surface area contributed by atoms with Crippen LogP contribution < -0.4 is 5.73 Å². The van der Waals surface area contributed by atoms with E-state index < -0.39 is 10.0 Å². The van der Waals surface area contributed by atoms with Gasteiger partial charge < -0.3 is 5.73 Å². The fraction of sp³-hybridized carbons (Fsp3) is 0.429. The minimum Gasteiger partial charge on any atom is -0.330 e. The minimum atomic E-state index is -3.45. The Morgan fingerprint density at radius 2 is 2.05 bits per heavy atom. The second-order valence-electron chi connectivity index (χ2n) is 5.32. The van der Waals surface area contributed by atoms with Crippen molar-refractivity contribution in [2.24, 2.45) is 11.7 Å². The summed E-state index contributed by atoms with van der Waals surface area (Å²) >= 11 is 7.44. The summed E-state index contributed by atoms with van der Waals surface area (Å²) in [7, 11) is -3.45. The summed E-state index contributed by atoms with van der Waals surface area (Å²) in [5.74, 6) is 0.435. The van der Waals surface area contributed by atoms with Crippen LogP contribution in [0.15, 0.2) is 28.5 Å². The molecule has 0 saturated carbocycles. The molecule has 2 N–H and O–H groups in total. The van der Waals surface area contributed by atoms with E-state index in [1.807, 2.05) is 6.07 Å². The molecule has 0 radical (unpaired) electrons. The lowest BCUT2D eigenvalue weighted by Crippen LogP contribution is -2.39. The third kappa shape index (κ3) is 2.83. The summed E-state index contributed by atoms with van der Waals surface area (Å²) in [6.45, 7) is 1.72. The molecular weight excluding hydrogens is 328 g/mol. The molecule has 0 aliphatic carbocycles. The zero-order valence-corrected chi connectivity index (χ0v) is 13.8. The Bertz CT molecular complexity index is 749. The van der Waals surface area contributed by atoms with Gasteiger partial charge >= 0.3 is 0 Å². The molecule has 0 atom stereocenters. The summed E-state index contributed by atoms with van der Waals surface area (Å²) in [6.07, 6.45) is 1.66. The molecule has 1 saturated heterocycles. The quantitative estimate of drug-likeness (QED) is 0.931. The number of benzene rings is 1. The van der Waals surface area contributed by atoms with Gasteiger partial charge in [-0.25, -0.2) is 8.42 Å². The highest BCUT2D eigenvalue weighted by atomic mass is 35.5. The van der Waals surface area contributed by atoms with Gasteiger partial charge in [-0.15, -0.1) is 11.3 Å². The van der Waals surface area contributed by atoms with Gasteiger partial charge in [0, 0.05) is 33.6 Å². The molecule has 0 bridgehead atoms. The van der Waals surface area contributed by atoms with Crippen LogP contribution in [-0.4, -0.2) is 32.4 Å². The molecule has 7 heteroatoms. The lowest BCUT2D eigenvalue weighted by atomic mass is 9.99. The number of halogens is 1. The molecule has 21 heavy (non-hydrogen) atoms. The third-order valence-corrected chi connectivity index (χ3v) is 7.31. The van der Waals surface area contributed by atoms with Crippen molar-refractivity contribution in [3.05, 3.63) is 28.6 Å². The molecule has 114 valence electrons. The number of fused-ring (bicyclic) bond motifs is 1. The summed E-state index contributed by atoms with van der Waals surface area (Å²) in [5, 5.41) is 2.98. The van der Waals surface area contributed by atoms with Gasteiger partial charge in [0.25, 0.3) is 0 Å². The smallest absolute Gasteiger partial charge is 0.244 e. The number of hydrogen-bond donors (Lipinski definition) is 1. The number of thiophene rings is 1. The Balaban J connectivity index is 1.95. The molecule has 2 heterocycles. The fourth-order valence-corrected chi connectivity index (χ4v) is 5.79. The first kappa shape index (κ1) is 15.2. The number of nitrogens with zero attached hydrogens (tertiary/aromatic N) is 1. The topological polar surface area (TPSA) is 63.4 Å². The third-order valence-electron chi connectivity index (χ3n) is 4.02. The predicted molar refractivity (Wildman–Crippen MR) is 87.4 cm³/mol. The van der Waals surface area contributed by atoms with Gasteiger partial charge in [0.05, 0.1) is 0 Å². The fourth-order valence-electron chi connectivity index (χ4n) is 2.70. The van der Waals surface area contributed by atoms with Gasteiger partial charge in [-0.3, -0.25) is 0 Å². The van der Waals surface area contributed by atoms with Crippen LogP contribution in [0, 0.1) is 5.92 Å². The van der Waals surface area contributed by atoms with E-state index in [1.54, 1.807) is 21.8 Å². The number of hydrogen-bond acceptors (Lipinski definition) is 4. The van der Waals surface area contributed by atoms with Crippen LogP contribution >= 0.6 is 22.9 Å².